The molecule has 0 radical (unpaired) electrons. The maximum absolute atomic E-state index is 13.4. The number of quaternary nitrogens is 1. The van der Waals surface area contributed by atoms with Crippen molar-refractivity contribution in [1.29, 1.82) is 0 Å². The van der Waals surface area contributed by atoms with Crippen molar-refractivity contribution < 1.29 is 14.8 Å². The second-order valence-electron chi connectivity index (χ2n) is 9.45. The van der Waals surface area contributed by atoms with Gasteiger partial charge in [0.15, 0.2) is 6.54 Å². The molecule has 154 valence electrons. The minimum atomic E-state index is 0.208. The van der Waals surface area contributed by atoms with Crippen molar-refractivity contribution in [3.8, 4) is 5.75 Å². The number of benzene rings is 1. The summed E-state index contributed by atoms with van der Waals surface area (Å²) in [6.45, 7) is 1.18. The molecule has 5 heteroatoms. The first-order valence-corrected chi connectivity index (χ1v) is 11.8. The highest BCUT2D eigenvalue weighted by Gasteiger charge is 2.53. The van der Waals surface area contributed by atoms with Gasteiger partial charge in [0.05, 0.1) is 19.2 Å². The Labute approximate surface area is 177 Å². The van der Waals surface area contributed by atoms with E-state index in [-0.39, 0.29) is 5.91 Å². The normalized spacial score (nSPS) is 29.8. The topological polar surface area (TPSA) is 46.1 Å². The molecule has 4 nitrogen and oxygen atoms in total. The van der Waals surface area contributed by atoms with E-state index in [1.54, 1.807) is 18.4 Å². The van der Waals surface area contributed by atoms with Crippen LogP contribution in [-0.2, 0) is 11.3 Å². The van der Waals surface area contributed by atoms with Gasteiger partial charge in [0.1, 0.15) is 5.75 Å². The summed E-state index contributed by atoms with van der Waals surface area (Å²) < 4.78 is 5.29. The monoisotopic (exact) mass is 411 g/mol. The zero-order valence-electron chi connectivity index (χ0n) is 17.2. The summed E-state index contributed by atoms with van der Waals surface area (Å²) in [6, 6.07) is 12.0. The quantitative estimate of drug-likeness (QED) is 0.753. The van der Waals surface area contributed by atoms with E-state index in [1.807, 2.05) is 29.2 Å². The summed E-state index contributed by atoms with van der Waals surface area (Å²) in [7, 11) is 1.67. The lowest BCUT2D eigenvalue weighted by Crippen LogP contribution is -3.00. The number of rotatable bonds is 7. The SMILES string of the molecule is COc1ccc(N(Cc2cccs2)C(=O)C[NH2+]C23CC4CC(CC(C4)C2)C3)cc1. The molecule has 2 aromatic rings. The van der Waals surface area contributed by atoms with Crippen LogP contribution in [-0.4, -0.2) is 25.1 Å². The maximum Gasteiger partial charge on any atom is 0.282 e. The largest absolute Gasteiger partial charge is 0.497 e. The molecule has 4 saturated carbocycles. The number of carbonyl (C=O) groups is 1. The van der Waals surface area contributed by atoms with Crippen molar-refractivity contribution in [3.63, 3.8) is 0 Å². The first-order valence-electron chi connectivity index (χ1n) is 10.9. The van der Waals surface area contributed by atoms with Crippen LogP contribution < -0.4 is 15.0 Å². The van der Waals surface area contributed by atoms with Crippen LogP contribution in [0.2, 0.25) is 0 Å². The second kappa shape index (κ2) is 7.77. The Hall–Kier alpha value is -1.85. The molecular formula is C24H31N2O2S+. The zero-order valence-corrected chi connectivity index (χ0v) is 18.0. The van der Waals surface area contributed by atoms with Crippen molar-refractivity contribution in [1.82, 2.24) is 0 Å². The van der Waals surface area contributed by atoms with Gasteiger partial charge in [-0.1, -0.05) is 6.07 Å². The zero-order chi connectivity index (χ0) is 19.8. The first-order chi connectivity index (χ1) is 14.1. The number of amides is 1. The number of hydrogen-bond donors (Lipinski definition) is 1. The molecule has 2 N–H and O–H groups in total. The van der Waals surface area contributed by atoms with Crippen LogP contribution in [0.15, 0.2) is 41.8 Å². The molecule has 0 atom stereocenters. The van der Waals surface area contributed by atoms with Crippen molar-refractivity contribution in [3.05, 3.63) is 46.7 Å². The minimum absolute atomic E-state index is 0.208. The Morgan fingerprint density at radius 2 is 1.76 bits per heavy atom. The maximum atomic E-state index is 13.4. The van der Waals surface area contributed by atoms with Crippen LogP contribution in [0.4, 0.5) is 5.69 Å². The van der Waals surface area contributed by atoms with Crippen LogP contribution in [0.3, 0.4) is 0 Å². The predicted molar refractivity (Wildman–Crippen MR) is 116 cm³/mol. The molecular weight excluding hydrogens is 380 g/mol. The molecule has 1 aromatic carbocycles. The van der Waals surface area contributed by atoms with Gasteiger partial charge in [0, 0.05) is 29.8 Å². The number of thiophene rings is 1. The van der Waals surface area contributed by atoms with Crippen molar-refractivity contribution >= 4 is 22.9 Å². The molecule has 0 aliphatic heterocycles. The third-order valence-corrected chi connectivity index (χ3v) is 8.24. The highest BCUT2D eigenvalue weighted by molar-refractivity contribution is 7.09. The van der Waals surface area contributed by atoms with Crippen molar-refractivity contribution in [2.24, 2.45) is 17.8 Å². The molecule has 4 aliphatic rings. The molecule has 0 unspecified atom stereocenters. The number of anilines is 1. The first kappa shape index (κ1) is 19.1. The summed E-state index contributed by atoms with van der Waals surface area (Å²) >= 11 is 1.71. The van der Waals surface area contributed by atoms with E-state index in [0.29, 0.717) is 18.6 Å². The smallest absolute Gasteiger partial charge is 0.282 e. The number of ether oxygens (including phenoxy) is 1. The predicted octanol–water partition coefficient (Wildman–Crippen LogP) is 3.82. The van der Waals surface area contributed by atoms with Gasteiger partial charge in [-0.15, -0.1) is 11.3 Å². The molecule has 4 bridgehead atoms. The number of nitrogens with zero attached hydrogens (tertiary/aromatic N) is 1. The summed E-state index contributed by atoms with van der Waals surface area (Å²) in [4.78, 5) is 16.5. The standard InChI is InChI=1S/C24H30N2O2S/c1-28-21-6-4-20(5-7-21)26(16-22-3-2-8-29-22)23(27)15-25-24-12-17-9-18(13-24)11-19(10-17)14-24/h2-8,17-19,25H,9-16H2,1H3/p+1. The third kappa shape index (κ3) is 3.95. The Kier molecular flexibility index (Phi) is 5.12. The molecule has 1 heterocycles. The minimum Gasteiger partial charge on any atom is -0.497 e. The van der Waals surface area contributed by atoms with Crippen molar-refractivity contribution in [2.75, 3.05) is 18.6 Å². The lowest BCUT2D eigenvalue weighted by atomic mass is 9.53. The molecule has 29 heavy (non-hydrogen) atoms. The molecule has 4 aliphatic carbocycles. The van der Waals surface area contributed by atoms with Crippen molar-refractivity contribution in [2.45, 2.75) is 50.6 Å². The molecule has 0 spiro atoms. The molecule has 4 fully saturated rings. The van der Waals surface area contributed by atoms with Crippen LogP contribution in [0, 0.1) is 17.8 Å². The van der Waals surface area contributed by atoms with Gasteiger partial charge in [0.25, 0.3) is 5.91 Å². The summed E-state index contributed by atoms with van der Waals surface area (Å²) in [5.41, 5.74) is 1.28. The number of methoxy groups -OCH3 is 1. The van der Waals surface area contributed by atoms with Gasteiger partial charge in [-0.25, -0.2) is 0 Å². The highest BCUT2D eigenvalue weighted by atomic mass is 32.1. The highest BCUT2D eigenvalue weighted by Crippen LogP contribution is 2.54. The van der Waals surface area contributed by atoms with Crippen LogP contribution in [0.5, 0.6) is 5.75 Å². The van der Waals surface area contributed by atoms with E-state index < -0.39 is 0 Å². The summed E-state index contributed by atoms with van der Waals surface area (Å²) in [5, 5.41) is 4.50. The summed E-state index contributed by atoms with van der Waals surface area (Å²) in [5.74, 6) is 3.76. The molecule has 6 rings (SSSR count). The fourth-order valence-electron chi connectivity index (χ4n) is 6.49. The Morgan fingerprint density at radius 3 is 2.31 bits per heavy atom. The van der Waals surface area contributed by atoms with E-state index in [1.165, 1.54) is 43.4 Å². The molecule has 1 aromatic heterocycles. The van der Waals surface area contributed by atoms with Crippen LogP contribution in [0.1, 0.15) is 43.4 Å². The number of carbonyl (C=O) groups excluding carboxylic acids is 1. The van der Waals surface area contributed by atoms with Gasteiger partial charge in [0.2, 0.25) is 0 Å². The van der Waals surface area contributed by atoms with Crippen LogP contribution in [0.25, 0.3) is 0 Å². The molecule has 1 amide bonds. The fraction of sp³-hybridized carbons (Fsp3) is 0.542. The van der Waals surface area contributed by atoms with Gasteiger partial charge in [-0.2, -0.15) is 0 Å². The molecule has 0 saturated heterocycles. The lowest BCUT2D eigenvalue weighted by molar-refractivity contribution is -0.729. The summed E-state index contributed by atoms with van der Waals surface area (Å²) in [6.07, 6.45) is 8.28. The Balaban J connectivity index is 1.31. The van der Waals surface area contributed by atoms with E-state index >= 15 is 0 Å². The average Bonchev–Trinajstić information content (AvgIpc) is 3.23. The third-order valence-electron chi connectivity index (χ3n) is 7.37. The average molecular weight is 412 g/mol. The second-order valence-corrected chi connectivity index (χ2v) is 10.5. The van der Waals surface area contributed by atoms with Gasteiger partial charge in [-0.3, -0.25) is 4.79 Å². The Bertz CT molecular complexity index is 811. The number of hydrogen-bond acceptors (Lipinski definition) is 3. The van der Waals surface area contributed by atoms with Gasteiger partial charge >= 0.3 is 0 Å². The van der Waals surface area contributed by atoms with Gasteiger partial charge in [-0.05, 0) is 72.7 Å². The van der Waals surface area contributed by atoms with E-state index in [0.717, 1.165) is 29.2 Å². The van der Waals surface area contributed by atoms with E-state index in [2.05, 4.69) is 22.8 Å². The van der Waals surface area contributed by atoms with E-state index in [9.17, 15) is 4.79 Å². The van der Waals surface area contributed by atoms with Gasteiger partial charge < -0.3 is 15.0 Å². The number of nitrogens with two attached hydrogens (primary N) is 1. The fourth-order valence-corrected chi connectivity index (χ4v) is 7.18. The van der Waals surface area contributed by atoms with Crippen LogP contribution >= 0.6 is 11.3 Å². The lowest BCUT2D eigenvalue weighted by Gasteiger charge is -2.54. The Morgan fingerprint density at radius 1 is 1.10 bits per heavy atom. The van der Waals surface area contributed by atoms with E-state index in [4.69, 9.17) is 4.74 Å².